The van der Waals surface area contributed by atoms with Crippen LogP contribution in [0.2, 0.25) is 0 Å². The Morgan fingerprint density at radius 2 is 1.94 bits per heavy atom. The van der Waals surface area contributed by atoms with E-state index in [4.69, 9.17) is 0 Å². The minimum atomic E-state index is -2.32. The molecule has 1 aromatic carbocycles. The zero-order valence-corrected chi connectivity index (χ0v) is 10.6. The molecule has 4 heteroatoms. The molecule has 0 spiro atoms. The van der Waals surface area contributed by atoms with Crippen molar-refractivity contribution in [3.8, 4) is 0 Å². The predicted octanol–water partition coefficient (Wildman–Crippen LogP) is 3.06. The Morgan fingerprint density at radius 3 is 2.53 bits per heavy atom. The molecule has 0 aliphatic rings. The van der Waals surface area contributed by atoms with Crippen molar-refractivity contribution >= 4 is 5.69 Å². The third-order valence-corrected chi connectivity index (χ3v) is 2.74. The van der Waals surface area contributed by atoms with Crippen LogP contribution in [-0.4, -0.2) is 26.6 Å². The molecule has 2 nitrogen and oxygen atoms in total. The van der Waals surface area contributed by atoms with Crippen molar-refractivity contribution in [2.24, 2.45) is 0 Å². The van der Waals surface area contributed by atoms with Crippen LogP contribution in [0.4, 0.5) is 14.5 Å². The van der Waals surface area contributed by atoms with E-state index in [2.05, 4.69) is 5.32 Å². The molecular formula is C13H20F2N2. The van der Waals surface area contributed by atoms with Gasteiger partial charge in [0.25, 0.3) is 6.43 Å². The fraction of sp³-hybridized carbons (Fsp3) is 0.538. The Bertz CT molecular complexity index is 342. The normalized spacial score (nSPS) is 12.8. The van der Waals surface area contributed by atoms with E-state index in [0.29, 0.717) is 0 Å². The van der Waals surface area contributed by atoms with Gasteiger partial charge in [0.05, 0.1) is 6.54 Å². The van der Waals surface area contributed by atoms with Gasteiger partial charge in [0.2, 0.25) is 0 Å². The van der Waals surface area contributed by atoms with Gasteiger partial charge in [0, 0.05) is 18.8 Å². The van der Waals surface area contributed by atoms with Crippen molar-refractivity contribution in [1.82, 2.24) is 5.32 Å². The molecule has 1 atom stereocenters. The van der Waals surface area contributed by atoms with Gasteiger partial charge in [0.1, 0.15) is 0 Å². The highest BCUT2D eigenvalue weighted by Crippen LogP contribution is 2.25. The maximum atomic E-state index is 12.4. The topological polar surface area (TPSA) is 15.3 Å². The Hall–Kier alpha value is -1.16. The van der Waals surface area contributed by atoms with Gasteiger partial charge >= 0.3 is 0 Å². The summed E-state index contributed by atoms with van der Waals surface area (Å²) in [6.07, 6.45) is -2.32. The van der Waals surface area contributed by atoms with Gasteiger partial charge in [-0.15, -0.1) is 0 Å². The highest BCUT2D eigenvalue weighted by Gasteiger charge is 2.14. The SMILES string of the molecule is CCNC(C)c1ccccc1N(C)CC(F)F. The van der Waals surface area contributed by atoms with E-state index in [1.165, 1.54) is 0 Å². The molecule has 0 aliphatic heterocycles. The maximum absolute atomic E-state index is 12.4. The monoisotopic (exact) mass is 242 g/mol. The second kappa shape index (κ2) is 6.55. The number of rotatable bonds is 6. The van der Waals surface area contributed by atoms with Crippen LogP contribution in [0, 0.1) is 0 Å². The van der Waals surface area contributed by atoms with E-state index in [1.54, 1.807) is 11.9 Å². The molecule has 0 aliphatic carbocycles. The van der Waals surface area contributed by atoms with Crippen LogP contribution in [0.3, 0.4) is 0 Å². The lowest BCUT2D eigenvalue weighted by molar-refractivity contribution is 0.156. The fourth-order valence-electron chi connectivity index (χ4n) is 1.92. The average Bonchev–Trinajstić information content (AvgIpc) is 2.28. The number of anilines is 1. The van der Waals surface area contributed by atoms with E-state index in [1.807, 2.05) is 38.1 Å². The molecule has 96 valence electrons. The molecule has 1 rings (SSSR count). The second-order valence-electron chi connectivity index (χ2n) is 4.11. The van der Waals surface area contributed by atoms with Crippen molar-refractivity contribution in [2.45, 2.75) is 26.3 Å². The molecule has 0 fully saturated rings. The highest BCUT2D eigenvalue weighted by molar-refractivity contribution is 5.54. The first-order chi connectivity index (χ1) is 8.06. The van der Waals surface area contributed by atoms with E-state index in [-0.39, 0.29) is 12.6 Å². The second-order valence-corrected chi connectivity index (χ2v) is 4.11. The van der Waals surface area contributed by atoms with Gasteiger partial charge in [-0.2, -0.15) is 0 Å². The predicted molar refractivity (Wildman–Crippen MR) is 67.8 cm³/mol. The molecule has 0 bridgehead atoms. The number of nitrogens with one attached hydrogen (secondary N) is 1. The number of hydrogen-bond donors (Lipinski definition) is 1. The molecule has 0 aromatic heterocycles. The summed E-state index contributed by atoms with van der Waals surface area (Å²) in [7, 11) is 1.70. The summed E-state index contributed by atoms with van der Waals surface area (Å²) < 4.78 is 24.8. The van der Waals surface area contributed by atoms with Crippen LogP contribution in [0.25, 0.3) is 0 Å². The molecule has 1 aromatic rings. The largest absolute Gasteiger partial charge is 0.369 e. The van der Waals surface area contributed by atoms with Crippen molar-refractivity contribution in [1.29, 1.82) is 0 Å². The van der Waals surface area contributed by atoms with E-state index in [9.17, 15) is 8.78 Å². The van der Waals surface area contributed by atoms with Crippen LogP contribution in [0.15, 0.2) is 24.3 Å². The molecule has 0 radical (unpaired) electrons. The third kappa shape index (κ3) is 3.97. The van der Waals surface area contributed by atoms with E-state index in [0.717, 1.165) is 17.8 Å². The third-order valence-electron chi connectivity index (χ3n) is 2.74. The lowest BCUT2D eigenvalue weighted by Gasteiger charge is -2.25. The summed E-state index contributed by atoms with van der Waals surface area (Å²) in [6.45, 7) is 4.68. The lowest BCUT2D eigenvalue weighted by Crippen LogP contribution is -2.27. The Morgan fingerprint density at radius 1 is 1.29 bits per heavy atom. The van der Waals surface area contributed by atoms with Crippen LogP contribution < -0.4 is 10.2 Å². The van der Waals surface area contributed by atoms with Crippen LogP contribution in [0.1, 0.15) is 25.5 Å². The van der Waals surface area contributed by atoms with Gasteiger partial charge in [0.15, 0.2) is 0 Å². The Labute approximate surface area is 102 Å². The number of alkyl halides is 2. The number of benzene rings is 1. The van der Waals surface area contributed by atoms with E-state index >= 15 is 0 Å². The molecule has 1 N–H and O–H groups in total. The number of nitrogens with zero attached hydrogens (tertiary/aromatic N) is 1. The smallest absolute Gasteiger partial charge is 0.255 e. The lowest BCUT2D eigenvalue weighted by atomic mass is 10.1. The molecule has 0 saturated carbocycles. The average molecular weight is 242 g/mol. The first kappa shape index (κ1) is 13.9. The molecule has 17 heavy (non-hydrogen) atoms. The summed E-state index contributed by atoms with van der Waals surface area (Å²) in [5.74, 6) is 0. The molecule has 0 amide bonds. The zero-order valence-electron chi connectivity index (χ0n) is 10.6. The maximum Gasteiger partial charge on any atom is 0.255 e. The summed E-state index contributed by atoms with van der Waals surface area (Å²) in [4.78, 5) is 1.60. The first-order valence-electron chi connectivity index (χ1n) is 5.87. The van der Waals surface area contributed by atoms with Gasteiger partial charge in [-0.05, 0) is 25.1 Å². The van der Waals surface area contributed by atoms with Crippen molar-refractivity contribution in [3.63, 3.8) is 0 Å². The standard InChI is InChI=1S/C13H20F2N2/c1-4-16-10(2)11-7-5-6-8-12(11)17(3)9-13(14)15/h5-8,10,13,16H,4,9H2,1-3H3. The Kier molecular flexibility index (Phi) is 5.35. The minimum absolute atomic E-state index is 0.163. The van der Waals surface area contributed by atoms with Gasteiger partial charge in [-0.3, -0.25) is 0 Å². The highest BCUT2D eigenvalue weighted by atomic mass is 19.3. The molecular weight excluding hydrogens is 222 g/mol. The number of para-hydroxylation sites is 1. The molecule has 0 heterocycles. The van der Waals surface area contributed by atoms with Crippen LogP contribution >= 0.6 is 0 Å². The van der Waals surface area contributed by atoms with Crippen molar-refractivity contribution < 1.29 is 8.78 Å². The van der Waals surface area contributed by atoms with Crippen LogP contribution in [-0.2, 0) is 0 Å². The zero-order chi connectivity index (χ0) is 12.8. The quantitative estimate of drug-likeness (QED) is 0.824. The number of hydrogen-bond acceptors (Lipinski definition) is 2. The minimum Gasteiger partial charge on any atom is -0.369 e. The Balaban J connectivity index is 2.90. The van der Waals surface area contributed by atoms with Gasteiger partial charge < -0.3 is 10.2 Å². The van der Waals surface area contributed by atoms with Gasteiger partial charge in [-0.1, -0.05) is 25.1 Å². The number of halogens is 2. The van der Waals surface area contributed by atoms with Crippen molar-refractivity contribution in [2.75, 3.05) is 25.0 Å². The summed E-state index contributed by atoms with van der Waals surface area (Å²) in [6, 6.07) is 7.83. The van der Waals surface area contributed by atoms with E-state index < -0.39 is 6.43 Å². The molecule has 0 saturated heterocycles. The van der Waals surface area contributed by atoms with Crippen molar-refractivity contribution in [3.05, 3.63) is 29.8 Å². The molecule has 1 unspecified atom stereocenters. The van der Waals surface area contributed by atoms with Crippen LogP contribution in [0.5, 0.6) is 0 Å². The first-order valence-corrected chi connectivity index (χ1v) is 5.87. The fourth-order valence-corrected chi connectivity index (χ4v) is 1.92. The summed E-state index contributed by atoms with van der Waals surface area (Å²) in [5, 5.41) is 3.30. The summed E-state index contributed by atoms with van der Waals surface area (Å²) >= 11 is 0. The van der Waals surface area contributed by atoms with Gasteiger partial charge in [-0.25, -0.2) is 8.78 Å². The summed E-state index contributed by atoms with van der Waals surface area (Å²) in [5.41, 5.74) is 1.92.